The molecule has 0 unspecified atom stereocenters. The van der Waals surface area contributed by atoms with Crippen molar-refractivity contribution in [1.82, 2.24) is 4.90 Å². The Hall–Kier alpha value is -1.84. The first-order valence-corrected chi connectivity index (χ1v) is 4.40. The number of nitrogens with zero attached hydrogens (tertiary/aromatic N) is 2. The summed E-state index contributed by atoms with van der Waals surface area (Å²) in [5.41, 5.74) is 7.19. The van der Waals surface area contributed by atoms with E-state index in [1.807, 2.05) is 24.3 Å². The third-order valence-corrected chi connectivity index (χ3v) is 2.08. The number of aliphatic imine (C=N–C) groups is 1. The summed E-state index contributed by atoms with van der Waals surface area (Å²) in [6, 6.07) is 7.86. The Morgan fingerprint density at radius 3 is 3.07 bits per heavy atom. The van der Waals surface area contributed by atoms with Crippen molar-refractivity contribution in [2.24, 2.45) is 10.7 Å². The molecule has 1 amide bonds. The van der Waals surface area contributed by atoms with Gasteiger partial charge in [0, 0.05) is 6.54 Å². The summed E-state index contributed by atoms with van der Waals surface area (Å²) in [7, 11) is 0. The first-order valence-electron chi connectivity index (χ1n) is 4.40. The van der Waals surface area contributed by atoms with Crippen molar-refractivity contribution in [1.29, 1.82) is 0 Å². The van der Waals surface area contributed by atoms with Crippen LogP contribution in [-0.2, 0) is 11.3 Å². The normalized spacial score (nSPS) is 13.9. The van der Waals surface area contributed by atoms with Crippen LogP contribution >= 0.6 is 0 Å². The minimum atomic E-state index is -0.337. The number of carbonyl (C=O) groups is 1. The van der Waals surface area contributed by atoms with Crippen molar-refractivity contribution in [2.75, 3.05) is 6.54 Å². The molecule has 1 aromatic rings. The lowest BCUT2D eigenvalue weighted by atomic mass is 10.1. The molecule has 4 nitrogen and oxygen atoms in total. The highest BCUT2D eigenvalue weighted by molar-refractivity contribution is 5.79. The zero-order valence-electron chi connectivity index (χ0n) is 7.68. The first kappa shape index (κ1) is 8.74. The van der Waals surface area contributed by atoms with Crippen LogP contribution in [0.15, 0.2) is 29.3 Å². The molecular formula is C10H11N3O. The van der Waals surface area contributed by atoms with Gasteiger partial charge in [-0.1, -0.05) is 18.2 Å². The second-order valence-electron chi connectivity index (χ2n) is 3.24. The van der Waals surface area contributed by atoms with Gasteiger partial charge >= 0.3 is 0 Å². The predicted octanol–water partition coefficient (Wildman–Crippen LogP) is 0.647. The van der Waals surface area contributed by atoms with Crippen LogP contribution in [0.1, 0.15) is 5.56 Å². The van der Waals surface area contributed by atoms with Gasteiger partial charge in [-0.05, 0) is 11.6 Å². The Morgan fingerprint density at radius 1 is 1.50 bits per heavy atom. The molecule has 1 aliphatic rings. The number of fused-ring (bicyclic) bond motifs is 1. The van der Waals surface area contributed by atoms with E-state index in [4.69, 9.17) is 5.73 Å². The van der Waals surface area contributed by atoms with Gasteiger partial charge in [-0.3, -0.25) is 4.79 Å². The minimum absolute atomic E-state index is 0.220. The SMILES string of the molecule is NC(=O)CN1C=Nc2ccccc2C1. The van der Waals surface area contributed by atoms with Gasteiger partial charge in [0.2, 0.25) is 5.91 Å². The lowest BCUT2D eigenvalue weighted by Crippen LogP contribution is -2.33. The number of benzene rings is 1. The predicted molar refractivity (Wildman–Crippen MR) is 54.2 cm³/mol. The van der Waals surface area contributed by atoms with E-state index in [0.717, 1.165) is 11.3 Å². The van der Waals surface area contributed by atoms with Crippen molar-refractivity contribution >= 4 is 17.9 Å². The Morgan fingerprint density at radius 2 is 2.29 bits per heavy atom. The topological polar surface area (TPSA) is 58.7 Å². The molecule has 4 heteroatoms. The molecule has 0 radical (unpaired) electrons. The van der Waals surface area contributed by atoms with Crippen molar-refractivity contribution in [3.8, 4) is 0 Å². The second-order valence-corrected chi connectivity index (χ2v) is 3.24. The first-order chi connectivity index (χ1) is 6.75. The van der Waals surface area contributed by atoms with Gasteiger partial charge in [-0.2, -0.15) is 0 Å². The molecule has 0 saturated heterocycles. The highest BCUT2D eigenvalue weighted by Crippen LogP contribution is 2.22. The highest BCUT2D eigenvalue weighted by Gasteiger charge is 2.11. The standard InChI is InChI=1S/C10H11N3O/c11-10(14)6-13-5-8-3-1-2-4-9(8)12-7-13/h1-4,7H,5-6H2,(H2,11,14). The van der Waals surface area contributed by atoms with Gasteiger partial charge < -0.3 is 10.6 Å². The van der Waals surface area contributed by atoms with E-state index in [9.17, 15) is 4.79 Å². The zero-order chi connectivity index (χ0) is 9.97. The third kappa shape index (κ3) is 1.74. The summed E-state index contributed by atoms with van der Waals surface area (Å²) in [5.74, 6) is -0.337. The number of hydrogen-bond donors (Lipinski definition) is 1. The van der Waals surface area contributed by atoms with Gasteiger partial charge in [-0.15, -0.1) is 0 Å². The molecule has 1 heterocycles. The van der Waals surface area contributed by atoms with Crippen molar-refractivity contribution in [3.05, 3.63) is 29.8 Å². The van der Waals surface area contributed by atoms with E-state index in [2.05, 4.69) is 4.99 Å². The van der Waals surface area contributed by atoms with E-state index in [-0.39, 0.29) is 12.5 Å². The fourth-order valence-corrected chi connectivity index (χ4v) is 1.47. The molecule has 0 atom stereocenters. The summed E-state index contributed by atoms with van der Waals surface area (Å²) in [6.07, 6.45) is 1.66. The Bertz CT molecular complexity index is 387. The Labute approximate surface area is 82.0 Å². The number of para-hydroxylation sites is 1. The molecule has 0 aliphatic carbocycles. The molecule has 72 valence electrons. The average molecular weight is 189 g/mol. The maximum Gasteiger partial charge on any atom is 0.236 e. The van der Waals surface area contributed by atoms with Crippen LogP contribution < -0.4 is 5.73 Å². The van der Waals surface area contributed by atoms with E-state index < -0.39 is 0 Å². The van der Waals surface area contributed by atoms with Crippen LogP contribution in [0, 0.1) is 0 Å². The van der Waals surface area contributed by atoms with Gasteiger partial charge in [0.05, 0.1) is 18.6 Å². The molecule has 2 N–H and O–H groups in total. The van der Waals surface area contributed by atoms with Crippen LogP contribution in [0.2, 0.25) is 0 Å². The monoisotopic (exact) mass is 189 g/mol. The average Bonchev–Trinajstić information content (AvgIpc) is 2.17. The second kappa shape index (κ2) is 3.49. The molecule has 0 saturated carbocycles. The maximum absolute atomic E-state index is 10.7. The zero-order valence-corrected chi connectivity index (χ0v) is 7.68. The number of hydrogen-bond acceptors (Lipinski definition) is 3. The maximum atomic E-state index is 10.7. The summed E-state index contributed by atoms with van der Waals surface area (Å²) in [6.45, 7) is 0.917. The molecule has 2 rings (SSSR count). The smallest absolute Gasteiger partial charge is 0.236 e. The van der Waals surface area contributed by atoms with E-state index in [1.54, 1.807) is 11.2 Å². The molecular weight excluding hydrogens is 178 g/mol. The van der Waals surface area contributed by atoms with Gasteiger partial charge in [-0.25, -0.2) is 4.99 Å². The molecule has 0 fully saturated rings. The summed E-state index contributed by atoms with van der Waals surface area (Å²) in [5, 5.41) is 0. The number of rotatable bonds is 2. The molecule has 14 heavy (non-hydrogen) atoms. The Kier molecular flexibility index (Phi) is 2.18. The molecule has 1 aromatic carbocycles. The van der Waals surface area contributed by atoms with Crippen LogP contribution in [0.25, 0.3) is 0 Å². The summed E-state index contributed by atoms with van der Waals surface area (Å²) >= 11 is 0. The van der Waals surface area contributed by atoms with Crippen molar-refractivity contribution in [2.45, 2.75) is 6.54 Å². The third-order valence-electron chi connectivity index (χ3n) is 2.08. The number of nitrogens with two attached hydrogens (primary N) is 1. The van der Waals surface area contributed by atoms with Crippen LogP contribution in [0.4, 0.5) is 5.69 Å². The Balaban J connectivity index is 2.17. The number of carbonyl (C=O) groups excluding carboxylic acids is 1. The van der Waals surface area contributed by atoms with E-state index in [1.165, 1.54) is 0 Å². The van der Waals surface area contributed by atoms with Gasteiger partial charge in [0.15, 0.2) is 0 Å². The fourth-order valence-electron chi connectivity index (χ4n) is 1.47. The van der Waals surface area contributed by atoms with Crippen molar-refractivity contribution < 1.29 is 4.79 Å². The quantitative estimate of drug-likeness (QED) is 0.742. The molecule has 0 spiro atoms. The molecule has 0 aromatic heterocycles. The number of primary amides is 1. The van der Waals surface area contributed by atoms with Crippen LogP contribution in [0.5, 0.6) is 0 Å². The molecule has 0 bridgehead atoms. The van der Waals surface area contributed by atoms with Crippen LogP contribution in [0.3, 0.4) is 0 Å². The fraction of sp³-hybridized carbons (Fsp3) is 0.200. The lowest BCUT2D eigenvalue weighted by molar-refractivity contribution is -0.118. The van der Waals surface area contributed by atoms with E-state index >= 15 is 0 Å². The lowest BCUT2D eigenvalue weighted by Gasteiger charge is -2.22. The summed E-state index contributed by atoms with van der Waals surface area (Å²) in [4.78, 5) is 16.7. The largest absolute Gasteiger partial charge is 0.368 e. The van der Waals surface area contributed by atoms with Crippen molar-refractivity contribution in [3.63, 3.8) is 0 Å². The summed E-state index contributed by atoms with van der Waals surface area (Å²) < 4.78 is 0. The number of amides is 1. The van der Waals surface area contributed by atoms with Crippen LogP contribution in [-0.4, -0.2) is 23.7 Å². The van der Waals surface area contributed by atoms with E-state index in [0.29, 0.717) is 6.54 Å². The van der Waals surface area contributed by atoms with Gasteiger partial charge in [0.25, 0.3) is 0 Å². The molecule has 1 aliphatic heterocycles. The van der Waals surface area contributed by atoms with Gasteiger partial charge in [0.1, 0.15) is 0 Å². The minimum Gasteiger partial charge on any atom is -0.368 e. The highest BCUT2D eigenvalue weighted by atomic mass is 16.1.